The van der Waals surface area contributed by atoms with Crippen molar-refractivity contribution >= 4 is 5.82 Å². The first kappa shape index (κ1) is 13.1. The fraction of sp³-hybridized carbons (Fsp3) is 0.467. The Hall–Kier alpha value is -1.88. The molecule has 0 bridgehead atoms. The third-order valence-electron chi connectivity index (χ3n) is 4.00. The van der Waals surface area contributed by atoms with Crippen molar-refractivity contribution in [3.63, 3.8) is 0 Å². The molecule has 2 N–H and O–H groups in total. The van der Waals surface area contributed by atoms with E-state index >= 15 is 0 Å². The van der Waals surface area contributed by atoms with Crippen LogP contribution in [0.4, 0.5) is 5.82 Å². The van der Waals surface area contributed by atoms with Gasteiger partial charge in [0, 0.05) is 31.5 Å². The van der Waals surface area contributed by atoms with Crippen LogP contribution in [0.25, 0.3) is 0 Å². The molecule has 0 spiro atoms. The molecule has 2 aromatic rings. The molecule has 5 heteroatoms. The first-order chi connectivity index (χ1) is 9.88. The number of rotatable bonds is 4. The summed E-state index contributed by atoms with van der Waals surface area (Å²) in [6.07, 6.45) is 7.41. The van der Waals surface area contributed by atoms with Crippen LogP contribution in [0.2, 0.25) is 0 Å². The van der Waals surface area contributed by atoms with Crippen molar-refractivity contribution in [1.29, 1.82) is 0 Å². The van der Waals surface area contributed by atoms with Crippen LogP contribution in [-0.2, 0) is 6.54 Å². The molecule has 1 saturated heterocycles. The van der Waals surface area contributed by atoms with E-state index in [0.29, 0.717) is 6.04 Å². The van der Waals surface area contributed by atoms with E-state index in [0.717, 1.165) is 18.9 Å². The molecule has 1 aliphatic heterocycles. The smallest absolute Gasteiger partial charge is 0.130 e. The first-order valence-corrected chi connectivity index (χ1v) is 7.23. The van der Waals surface area contributed by atoms with Crippen LogP contribution < -0.4 is 5.32 Å². The van der Waals surface area contributed by atoms with Gasteiger partial charge in [-0.3, -0.25) is 10.00 Å². The molecular formula is C15H21N5. The second kappa shape index (κ2) is 6.05. The van der Waals surface area contributed by atoms with Gasteiger partial charge in [0.05, 0.1) is 11.7 Å². The number of piperidine rings is 1. The second-order valence-corrected chi connectivity index (χ2v) is 5.26. The highest BCUT2D eigenvalue weighted by Crippen LogP contribution is 2.31. The molecule has 2 aromatic heterocycles. The van der Waals surface area contributed by atoms with E-state index in [1.807, 2.05) is 25.5 Å². The van der Waals surface area contributed by atoms with Gasteiger partial charge in [-0.25, -0.2) is 4.98 Å². The maximum Gasteiger partial charge on any atom is 0.130 e. The average Bonchev–Trinajstić information content (AvgIpc) is 3.02. The van der Waals surface area contributed by atoms with Crippen molar-refractivity contribution in [1.82, 2.24) is 20.1 Å². The summed E-state index contributed by atoms with van der Waals surface area (Å²) in [6, 6.07) is 6.68. The minimum absolute atomic E-state index is 0.441. The Morgan fingerprint density at radius 3 is 3.10 bits per heavy atom. The Bertz CT molecular complexity index is 537. The monoisotopic (exact) mass is 271 g/mol. The van der Waals surface area contributed by atoms with Gasteiger partial charge in [-0.1, -0.05) is 12.5 Å². The highest BCUT2D eigenvalue weighted by atomic mass is 15.2. The van der Waals surface area contributed by atoms with Crippen molar-refractivity contribution in [2.75, 3.05) is 18.9 Å². The van der Waals surface area contributed by atoms with Gasteiger partial charge in [0.25, 0.3) is 0 Å². The summed E-state index contributed by atoms with van der Waals surface area (Å²) >= 11 is 0. The number of hydrogen-bond acceptors (Lipinski definition) is 4. The Labute approximate surface area is 119 Å². The number of nitrogens with zero attached hydrogens (tertiary/aromatic N) is 3. The molecule has 1 aliphatic rings. The highest BCUT2D eigenvalue weighted by Gasteiger charge is 2.25. The molecule has 1 atom stereocenters. The number of pyridine rings is 1. The Balaban J connectivity index is 1.80. The minimum atomic E-state index is 0.441. The second-order valence-electron chi connectivity index (χ2n) is 5.26. The number of hydrogen-bond donors (Lipinski definition) is 2. The third kappa shape index (κ3) is 2.67. The van der Waals surface area contributed by atoms with Gasteiger partial charge in [-0.05, 0) is 31.5 Å². The van der Waals surface area contributed by atoms with Crippen molar-refractivity contribution < 1.29 is 0 Å². The predicted molar refractivity (Wildman–Crippen MR) is 79.4 cm³/mol. The zero-order valence-corrected chi connectivity index (χ0v) is 11.8. The number of anilines is 1. The number of likely N-dealkylation sites (tertiary alicyclic amines) is 1. The number of nitrogens with one attached hydrogen (secondary N) is 2. The zero-order chi connectivity index (χ0) is 13.8. The molecule has 3 rings (SSSR count). The molecule has 0 unspecified atom stereocenters. The average molecular weight is 271 g/mol. The largest absolute Gasteiger partial charge is 0.373 e. The van der Waals surface area contributed by atoms with Crippen molar-refractivity contribution in [3.05, 3.63) is 41.9 Å². The summed E-state index contributed by atoms with van der Waals surface area (Å²) in [4.78, 5) is 6.92. The molecule has 1 fully saturated rings. The summed E-state index contributed by atoms with van der Waals surface area (Å²) in [5, 5.41) is 10.4. The van der Waals surface area contributed by atoms with Gasteiger partial charge in [0.1, 0.15) is 5.82 Å². The standard InChI is InChI=1S/C15H21N5/c1-16-15-12(5-4-8-17-15)11-20-10-3-2-6-14(20)13-7-9-18-19-13/h4-5,7-9,14H,2-3,6,10-11H2,1H3,(H,16,17)(H,18,19)/t14-/m1/s1. The van der Waals surface area contributed by atoms with Gasteiger partial charge in [0.2, 0.25) is 0 Å². The van der Waals surface area contributed by atoms with Crippen molar-refractivity contribution in [2.24, 2.45) is 0 Å². The molecular weight excluding hydrogens is 250 g/mol. The quantitative estimate of drug-likeness (QED) is 0.897. The Morgan fingerprint density at radius 1 is 1.35 bits per heavy atom. The van der Waals surface area contributed by atoms with Crippen LogP contribution in [-0.4, -0.2) is 33.7 Å². The van der Waals surface area contributed by atoms with Crippen LogP contribution in [0, 0.1) is 0 Å². The summed E-state index contributed by atoms with van der Waals surface area (Å²) in [5.74, 6) is 0.974. The molecule has 0 aliphatic carbocycles. The van der Waals surface area contributed by atoms with E-state index in [4.69, 9.17) is 0 Å². The Kier molecular flexibility index (Phi) is 3.97. The lowest BCUT2D eigenvalue weighted by molar-refractivity contribution is 0.137. The van der Waals surface area contributed by atoms with E-state index in [1.165, 1.54) is 30.5 Å². The highest BCUT2D eigenvalue weighted by molar-refractivity contribution is 5.42. The molecule has 0 amide bonds. The van der Waals surface area contributed by atoms with Crippen LogP contribution in [0.3, 0.4) is 0 Å². The van der Waals surface area contributed by atoms with Crippen LogP contribution in [0.5, 0.6) is 0 Å². The number of aromatic nitrogens is 3. The molecule has 0 saturated carbocycles. The van der Waals surface area contributed by atoms with Gasteiger partial charge >= 0.3 is 0 Å². The van der Waals surface area contributed by atoms with E-state index < -0.39 is 0 Å². The topological polar surface area (TPSA) is 56.8 Å². The van der Waals surface area contributed by atoms with Crippen molar-refractivity contribution in [3.8, 4) is 0 Å². The third-order valence-corrected chi connectivity index (χ3v) is 4.00. The van der Waals surface area contributed by atoms with Gasteiger partial charge in [-0.2, -0.15) is 5.10 Å². The van der Waals surface area contributed by atoms with E-state index in [9.17, 15) is 0 Å². The number of aromatic amines is 1. The fourth-order valence-electron chi connectivity index (χ4n) is 2.99. The summed E-state index contributed by atoms with van der Waals surface area (Å²) in [6.45, 7) is 2.05. The molecule has 3 heterocycles. The van der Waals surface area contributed by atoms with Crippen molar-refractivity contribution in [2.45, 2.75) is 31.8 Å². The van der Waals surface area contributed by atoms with Crippen LogP contribution in [0.15, 0.2) is 30.6 Å². The molecule has 0 radical (unpaired) electrons. The molecule has 106 valence electrons. The van der Waals surface area contributed by atoms with Crippen LogP contribution >= 0.6 is 0 Å². The first-order valence-electron chi connectivity index (χ1n) is 7.23. The zero-order valence-electron chi connectivity index (χ0n) is 11.8. The SMILES string of the molecule is CNc1ncccc1CN1CCCC[C@@H]1c1ccn[nH]1. The fourth-order valence-corrected chi connectivity index (χ4v) is 2.99. The number of H-pyrrole nitrogens is 1. The molecule has 5 nitrogen and oxygen atoms in total. The maximum absolute atomic E-state index is 4.39. The Morgan fingerprint density at radius 2 is 2.30 bits per heavy atom. The lowest BCUT2D eigenvalue weighted by Crippen LogP contribution is -2.33. The van der Waals surface area contributed by atoms with Gasteiger partial charge in [-0.15, -0.1) is 0 Å². The minimum Gasteiger partial charge on any atom is -0.373 e. The van der Waals surface area contributed by atoms with E-state index in [-0.39, 0.29) is 0 Å². The lowest BCUT2D eigenvalue weighted by atomic mass is 9.98. The summed E-state index contributed by atoms with van der Waals surface area (Å²) in [5.41, 5.74) is 2.47. The maximum atomic E-state index is 4.39. The van der Waals surface area contributed by atoms with Crippen LogP contribution in [0.1, 0.15) is 36.6 Å². The van der Waals surface area contributed by atoms with Gasteiger partial charge in [0.15, 0.2) is 0 Å². The summed E-state index contributed by atoms with van der Waals surface area (Å²) < 4.78 is 0. The molecule has 20 heavy (non-hydrogen) atoms. The molecule has 0 aromatic carbocycles. The lowest BCUT2D eigenvalue weighted by Gasteiger charge is -2.35. The normalized spacial score (nSPS) is 19.9. The summed E-state index contributed by atoms with van der Waals surface area (Å²) in [7, 11) is 1.93. The van der Waals surface area contributed by atoms with E-state index in [2.05, 4.69) is 37.5 Å². The van der Waals surface area contributed by atoms with E-state index in [1.54, 1.807) is 0 Å². The predicted octanol–water partition coefficient (Wildman–Crippen LogP) is 2.57. The van der Waals surface area contributed by atoms with Gasteiger partial charge < -0.3 is 5.32 Å².